The van der Waals surface area contributed by atoms with Gasteiger partial charge in [0.25, 0.3) is 0 Å². The van der Waals surface area contributed by atoms with Gasteiger partial charge in [0, 0.05) is 5.56 Å². The number of benzene rings is 1. The quantitative estimate of drug-likeness (QED) is 0.818. The second kappa shape index (κ2) is 4.93. The van der Waals surface area contributed by atoms with Gasteiger partial charge in [-0.3, -0.25) is 0 Å². The van der Waals surface area contributed by atoms with E-state index in [1.54, 1.807) is 0 Å². The van der Waals surface area contributed by atoms with Crippen molar-refractivity contribution in [1.82, 2.24) is 0 Å². The van der Waals surface area contributed by atoms with Crippen molar-refractivity contribution in [2.75, 3.05) is 13.2 Å². The molecule has 1 aromatic carbocycles. The number of aliphatic hydroxyl groups excluding tert-OH is 1. The molecule has 2 saturated heterocycles. The number of alkyl halides is 1. The van der Waals surface area contributed by atoms with Gasteiger partial charge in [-0.05, 0) is 0 Å². The summed E-state index contributed by atoms with van der Waals surface area (Å²) in [6.07, 6.45) is -4.37. The van der Waals surface area contributed by atoms with Gasteiger partial charge in [0.15, 0.2) is 12.5 Å². The highest BCUT2D eigenvalue weighted by Gasteiger charge is 2.45. The molecule has 2 fully saturated rings. The molecule has 1 N–H and O–H groups in total. The van der Waals surface area contributed by atoms with E-state index in [0.717, 1.165) is 5.56 Å². The fraction of sp³-hybridized carbons (Fsp3) is 0.538. The number of rotatable bonds is 1. The first-order valence-electron chi connectivity index (χ1n) is 6.01. The van der Waals surface area contributed by atoms with Crippen LogP contribution in [0.1, 0.15) is 11.9 Å². The number of aliphatic hydroxyl groups is 1. The highest BCUT2D eigenvalue weighted by Crippen LogP contribution is 2.33. The molecule has 0 aromatic heterocycles. The molecule has 5 atom stereocenters. The molecular formula is C13H15FO4. The smallest absolute Gasteiger partial charge is 0.184 e. The third kappa shape index (κ3) is 2.14. The summed E-state index contributed by atoms with van der Waals surface area (Å²) in [6, 6.07) is 9.35. The van der Waals surface area contributed by atoms with Crippen LogP contribution in [0.4, 0.5) is 4.39 Å². The van der Waals surface area contributed by atoms with Crippen LogP contribution in [-0.4, -0.2) is 42.8 Å². The maximum absolute atomic E-state index is 13.9. The fourth-order valence-corrected chi connectivity index (χ4v) is 2.29. The SMILES string of the molecule is O[C@H]1CO[C@@H]2COC(c3ccccc3)O[C@H]2[C@H]1F. The maximum Gasteiger partial charge on any atom is 0.184 e. The Kier molecular flexibility index (Phi) is 3.30. The minimum Gasteiger partial charge on any atom is -0.388 e. The van der Waals surface area contributed by atoms with Crippen molar-refractivity contribution in [3.05, 3.63) is 35.9 Å². The van der Waals surface area contributed by atoms with Crippen LogP contribution in [-0.2, 0) is 14.2 Å². The van der Waals surface area contributed by atoms with Crippen LogP contribution in [0.2, 0.25) is 0 Å². The van der Waals surface area contributed by atoms with Crippen LogP contribution < -0.4 is 0 Å². The predicted octanol–water partition coefficient (Wildman–Crippen LogP) is 1.20. The molecule has 1 unspecified atom stereocenters. The zero-order chi connectivity index (χ0) is 12.5. The number of hydrogen-bond acceptors (Lipinski definition) is 4. The summed E-state index contributed by atoms with van der Waals surface area (Å²) in [7, 11) is 0. The summed E-state index contributed by atoms with van der Waals surface area (Å²) < 4.78 is 30.3. The first-order chi connectivity index (χ1) is 8.75. The highest BCUT2D eigenvalue weighted by molar-refractivity contribution is 5.16. The second-order valence-electron chi connectivity index (χ2n) is 4.56. The van der Waals surface area contributed by atoms with E-state index in [0.29, 0.717) is 0 Å². The van der Waals surface area contributed by atoms with Gasteiger partial charge in [0.2, 0.25) is 0 Å². The molecule has 1 aromatic rings. The largest absolute Gasteiger partial charge is 0.388 e. The molecule has 0 amide bonds. The Morgan fingerprint density at radius 3 is 2.67 bits per heavy atom. The Morgan fingerprint density at radius 2 is 1.89 bits per heavy atom. The summed E-state index contributed by atoms with van der Waals surface area (Å²) in [6.45, 7) is 0.266. The minimum absolute atomic E-state index is 0.00887. The monoisotopic (exact) mass is 254 g/mol. The van der Waals surface area contributed by atoms with E-state index in [2.05, 4.69) is 0 Å². The first kappa shape index (κ1) is 12.0. The molecule has 4 nitrogen and oxygen atoms in total. The number of hydrogen-bond donors (Lipinski definition) is 1. The fourth-order valence-electron chi connectivity index (χ4n) is 2.29. The molecule has 18 heavy (non-hydrogen) atoms. The van der Waals surface area contributed by atoms with Crippen molar-refractivity contribution >= 4 is 0 Å². The molecule has 5 heteroatoms. The summed E-state index contributed by atoms with van der Waals surface area (Å²) in [5, 5.41) is 9.45. The molecule has 0 spiro atoms. The van der Waals surface area contributed by atoms with Crippen molar-refractivity contribution < 1.29 is 23.7 Å². The van der Waals surface area contributed by atoms with Gasteiger partial charge in [-0.1, -0.05) is 30.3 Å². The zero-order valence-electron chi connectivity index (χ0n) is 9.74. The molecule has 0 saturated carbocycles. The topological polar surface area (TPSA) is 47.9 Å². The molecular weight excluding hydrogens is 239 g/mol. The Hall–Kier alpha value is -1.01. The minimum atomic E-state index is -1.43. The van der Waals surface area contributed by atoms with Gasteiger partial charge in [-0.2, -0.15) is 0 Å². The van der Waals surface area contributed by atoms with Crippen molar-refractivity contribution in [3.8, 4) is 0 Å². The lowest BCUT2D eigenvalue weighted by Crippen LogP contribution is -2.56. The molecule has 0 aliphatic carbocycles. The molecule has 0 bridgehead atoms. The number of fused-ring (bicyclic) bond motifs is 1. The van der Waals surface area contributed by atoms with Crippen LogP contribution in [0.25, 0.3) is 0 Å². The molecule has 2 heterocycles. The van der Waals surface area contributed by atoms with Crippen LogP contribution in [0.3, 0.4) is 0 Å². The lowest BCUT2D eigenvalue weighted by atomic mass is 10.0. The Morgan fingerprint density at radius 1 is 1.11 bits per heavy atom. The standard InChI is InChI=1S/C13H15FO4/c14-11-9(15)6-16-10-7-17-13(18-12(10)11)8-4-2-1-3-5-8/h1-5,9-13,15H,6-7H2/t9-,10+,11-,12+,13?/m0/s1. The predicted molar refractivity (Wildman–Crippen MR) is 60.7 cm³/mol. The molecule has 2 aliphatic heterocycles. The molecule has 2 aliphatic rings. The normalized spacial score (nSPS) is 40.2. The third-order valence-electron chi connectivity index (χ3n) is 3.29. The number of halogens is 1. The summed E-state index contributed by atoms with van der Waals surface area (Å²) in [5.74, 6) is 0. The van der Waals surface area contributed by atoms with Crippen molar-refractivity contribution in [1.29, 1.82) is 0 Å². The van der Waals surface area contributed by atoms with Crippen molar-refractivity contribution in [3.63, 3.8) is 0 Å². The second-order valence-corrected chi connectivity index (χ2v) is 4.56. The Bertz CT molecular complexity index is 397. The maximum atomic E-state index is 13.9. The van der Waals surface area contributed by atoms with Gasteiger partial charge < -0.3 is 19.3 Å². The Labute approximate surface area is 104 Å². The van der Waals surface area contributed by atoms with E-state index in [4.69, 9.17) is 14.2 Å². The molecule has 0 radical (unpaired) electrons. The lowest BCUT2D eigenvalue weighted by molar-refractivity contribution is -0.305. The Balaban J connectivity index is 1.75. The molecule has 98 valence electrons. The van der Waals surface area contributed by atoms with E-state index in [9.17, 15) is 9.50 Å². The van der Waals surface area contributed by atoms with E-state index >= 15 is 0 Å². The average Bonchev–Trinajstić information content (AvgIpc) is 2.44. The summed E-state index contributed by atoms with van der Waals surface area (Å²) in [4.78, 5) is 0. The third-order valence-corrected chi connectivity index (χ3v) is 3.29. The van der Waals surface area contributed by atoms with E-state index in [1.807, 2.05) is 30.3 Å². The lowest BCUT2D eigenvalue weighted by Gasteiger charge is -2.42. The first-order valence-corrected chi connectivity index (χ1v) is 6.01. The zero-order valence-corrected chi connectivity index (χ0v) is 9.74. The van der Waals surface area contributed by atoms with Crippen LogP contribution in [0.5, 0.6) is 0 Å². The van der Waals surface area contributed by atoms with Gasteiger partial charge in [-0.15, -0.1) is 0 Å². The summed E-state index contributed by atoms with van der Waals surface area (Å²) >= 11 is 0. The number of ether oxygens (including phenoxy) is 3. The van der Waals surface area contributed by atoms with Crippen LogP contribution in [0.15, 0.2) is 30.3 Å². The van der Waals surface area contributed by atoms with Gasteiger partial charge in [0.05, 0.1) is 13.2 Å². The molecule has 3 rings (SSSR count). The van der Waals surface area contributed by atoms with Gasteiger partial charge in [0.1, 0.15) is 18.3 Å². The van der Waals surface area contributed by atoms with Crippen molar-refractivity contribution in [2.45, 2.75) is 30.8 Å². The van der Waals surface area contributed by atoms with E-state index in [1.165, 1.54) is 0 Å². The van der Waals surface area contributed by atoms with E-state index < -0.39 is 30.8 Å². The van der Waals surface area contributed by atoms with Gasteiger partial charge >= 0.3 is 0 Å². The van der Waals surface area contributed by atoms with Crippen LogP contribution >= 0.6 is 0 Å². The average molecular weight is 254 g/mol. The highest BCUT2D eigenvalue weighted by atomic mass is 19.1. The van der Waals surface area contributed by atoms with Crippen molar-refractivity contribution in [2.24, 2.45) is 0 Å². The summed E-state index contributed by atoms with van der Waals surface area (Å²) in [5.41, 5.74) is 0.836. The van der Waals surface area contributed by atoms with E-state index in [-0.39, 0.29) is 13.2 Å². The van der Waals surface area contributed by atoms with Gasteiger partial charge in [-0.25, -0.2) is 4.39 Å². The van der Waals surface area contributed by atoms with Crippen LogP contribution in [0, 0.1) is 0 Å².